The van der Waals surface area contributed by atoms with Crippen LogP contribution in [0.15, 0.2) is 18.2 Å². The van der Waals surface area contributed by atoms with Crippen molar-refractivity contribution in [2.45, 2.75) is 38.8 Å². The first-order chi connectivity index (χ1) is 10.3. The molecule has 0 unspecified atom stereocenters. The van der Waals surface area contributed by atoms with Crippen LogP contribution >= 0.6 is 0 Å². The number of carbonyl (C=O) groups is 1. The second-order valence-electron chi connectivity index (χ2n) is 4.50. The van der Waals surface area contributed by atoms with Crippen LogP contribution in [-0.2, 0) is 4.79 Å². The van der Waals surface area contributed by atoms with Gasteiger partial charge in [-0.2, -0.15) is 8.78 Å². The van der Waals surface area contributed by atoms with Gasteiger partial charge in [-0.15, -0.1) is 0 Å². The molecular formula is C13H16F2N2O5. The molecule has 0 aliphatic carbocycles. The summed E-state index contributed by atoms with van der Waals surface area (Å²) >= 11 is 0. The first kappa shape index (κ1) is 17.6. The maximum absolute atomic E-state index is 12.3. The van der Waals surface area contributed by atoms with Gasteiger partial charge in [0.1, 0.15) is 6.04 Å². The number of hydrogen-bond donors (Lipinski definition) is 2. The Kier molecular flexibility index (Phi) is 6.48. The van der Waals surface area contributed by atoms with E-state index < -0.39 is 35.0 Å². The first-order valence-corrected chi connectivity index (χ1v) is 6.57. The minimum absolute atomic E-state index is 0.157. The number of carboxylic acids is 1. The van der Waals surface area contributed by atoms with E-state index in [0.29, 0.717) is 12.8 Å². The summed E-state index contributed by atoms with van der Waals surface area (Å²) in [7, 11) is 0. The molecule has 122 valence electrons. The summed E-state index contributed by atoms with van der Waals surface area (Å²) in [5.74, 6) is -1.72. The minimum Gasteiger partial charge on any atom is -0.480 e. The number of anilines is 1. The molecule has 1 aromatic carbocycles. The van der Waals surface area contributed by atoms with E-state index >= 15 is 0 Å². The van der Waals surface area contributed by atoms with Gasteiger partial charge < -0.3 is 15.2 Å². The van der Waals surface area contributed by atoms with Gasteiger partial charge in [-0.25, -0.2) is 4.79 Å². The fourth-order valence-corrected chi connectivity index (χ4v) is 1.81. The third-order valence-electron chi connectivity index (χ3n) is 2.86. The lowest BCUT2D eigenvalue weighted by atomic mass is 10.1. The summed E-state index contributed by atoms with van der Waals surface area (Å²) in [4.78, 5) is 21.0. The lowest BCUT2D eigenvalue weighted by molar-refractivity contribution is -0.386. The SMILES string of the molecule is CCCC[C@H](Nc1ccc([N+](=O)[O-])c(OC(F)F)c1)C(=O)O. The van der Waals surface area contributed by atoms with Crippen molar-refractivity contribution in [3.63, 3.8) is 0 Å². The Balaban J connectivity index is 2.99. The van der Waals surface area contributed by atoms with Gasteiger partial charge >= 0.3 is 18.3 Å². The van der Waals surface area contributed by atoms with E-state index in [-0.39, 0.29) is 5.69 Å². The Morgan fingerprint density at radius 2 is 2.18 bits per heavy atom. The lowest BCUT2D eigenvalue weighted by Gasteiger charge is -2.16. The van der Waals surface area contributed by atoms with Crippen LogP contribution in [0.5, 0.6) is 5.75 Å². The number of carboxylic acid groups (broad SMARTS) is 1. The van der Waals surface area contributed by atoms with Crippen LogP contribution in [0.1, 0.15) is 26.2 Å². The Hall–Kier alpha value is -2.45. The number of nitro benzene ring substituents is 1. The number of benzene rings is 1. The Bertz CT molecular complexity index is 539. The van der Waals surface area contributed by atoms with Crippen LogP contribution in [0, 0.1) is 10.1 Å². The van der Waals surface area contributed by atoms with Crippen molar-refractivity contribution in [1.82, 2.24) is 0 Å². The van der Waals surface area contributed by atoms with E-state index in [0.717, 1.165) is 18.6 Å². The molecule has 0 amide bonds. The molecular weight excluding hydrogens is 302 g/mol. The molecule has 0 spiro atoms. The van der Waals surface area contributed by atoms with Crippen molar-refractivity contribution >= 4 is 17.3 Å². The van der Waals surface area contributed by atoms with Gasteiger partial charge in [-0.1, -0.05) is 19.8 Å². The topological polar surface area (TPSA) is 102 Å². The van der Waals surface area contributed by atoms with E-state index in [9.17, 15) is 23.7 Å². The molecule has 0 aliphatic heterocycles. The minimum atomic E-state index is -3.22. The van der Waals surface area contributed by atoms with Gasteiger partial charge in [0.05, 0.1) is 4.92 Å². The molecule has 0 aromatic heterocycles. The quantitative estimate of drug-likeness (QED) is 0.535. The molecule has 0 bridgehead atoms. The number of ether oxygens (including phenoxy) is 1. The second-order valence-corrected chi connectivity index (χ2v) is 4.50. The molecule has 0 radical (unpaired) electrons. The highest BCUT2D eigenvalue weighted by molar-refractivity contribution is 5.77. The fraction of sp³-hybridized carbons (Fsp3) is 0.462. The lowest BCUT2D eigenvalue weighted by Crippen LogP contribution is -2.29. The van der Waals surface area contributed by atoms with E-state index in [1.807, 2.05) is 6.92 Å². The molecule has 0 saturated heterocycles. The molecule has 7 nitrogen and oxygen atoms in total. The number of hydrogen-bond acceptors (Lipinski definition) is 5. The maximum atomic E-state index is 12.3. The monoisotopic (exact) mass is 318 g/mol. The summed E-state index contributed by atoms with van der Waals surface area (Å²) in [6.07, 6.45) is 1.80. The molecule has 0 aliphatic rings. The third kappa shape index (κ3) is 5.15. The average Bonchev–Trinajstić information content (AvgIpc) is 2.42. The summed E-state index contributed by atoms with van der Waals surface area (Å²) in [6, 6.07) is 2.31. The van der Waals surface area contributed by atoms with Crippen molar-refractivity contribution < 1.29 is 28.3 Å². The van der Waals surface area contributed by atoms with Crippen LogP contribution in [0.3, 0.4) is 0 Å². The summed E-state index contributed by atoms with van der Waals surface area (Å²) < 4.78 is 28.7. The fourth-order valence-electron chi connectivity index (χ4n) is 1.81. The predicted molar refractivity (Wildman–Crippen MR) is 74.3 cm³/mol. The molecule has 1 rings (SSSR count). The molecule has 9 heteroatoms. The molecule has 22 heavy (non-hydrogen) atoms. The van der Waals surface area contributed by atoms with Crippen LogP contribution in [-0.4, -0.2) is 28.7 Å². The Morgan fingerprint density at radius 1 is 1.50 bits per heavy atom. The Morgan fingerprint density at radius 3 is 2.68 bits per heavy atom. The molecule has 0 saturated carbocycles. The van der Waals surface area contributed by atoms with Gasteiger partial charge in [-0.3, -0.25) is 10.1 Å². The number of nitrogens with zero attached hydrogens (tertiary/aromatic N) is 1. The number of rotatable bonds is 9. The van der Waals surface area contributed by atoms with Crippen molar-refractivity contribution in [1.29, 1.82) is 0 Å². The first-order valence-electron chi connectivity index (χ1n) is 6.57. The smallest absolute Gasteiger partial charge is 0.387 e. The molecule has 1 aromatic rings. The maximum Gasteiger partial charge on any atom is 0.387 e. The van der Waals surface area contributed by atoms with Crippen LogP contribution in [0.25, 0.3) is 0 Å². The highest BCUT2D eigenvalue weighted by atomic mass is 19.3. The second kappa shape index (κ2) is 8.11. The van der Waals surface area contributed by atoms with Gasteiger partial charge in [-0.05, 0) is 12.5 Å². The van der Waals surface area contributed by atoms with E-state index in [4.69, 9.17) is 5.11 Å². The van der Waals surface area contributed by atoms with Crippen LogP contribution in [0.2, 0.25) is 0 Å². The summed E-state index contributed by atoms with van der Waals surface area (Å²) in [6.45, 7) is -1.32. The highest BCUT2D eigenvalue weighted by Crippen LogP contribution is 2.31. The zero-order chi connectivity index (χ0) is 16.7. The van der Waals surface area contributed by atoms with Gasteiger partial charge in [0.15, 0.2) is 0 Å². The number of aliphatic carboxylic acids is 1. The molecule has 0 heterocycles. The van der Waals surface area contributed by atoms with Crippen molar-refractivity contribution in [3.05, 3.63) is 28.3 Å². The number of alkyl halides is 2. The normalized spacial score (nSPS) is 12.0. The van der Waals surface area contributed by atoms with Crippen LogP contribution < -0.4 is 10.1 Å². The van der Waals surface area contributed by atoms with Gasteiger partial charge in [0, 0.05) is 17.8 Å². The number of nitrogens with one attached hydrogen (secondary N) is 1. The van der Waals surface area contributed by atoms with Crippen molar-refractivity contribution in [3.8, 4) is 5.75 Å². The van der Waals surface area contributed by atoms with Crippen molar-refractivity contribution in [2.24, 2.45) is 0 Å². The molecule has 2 N–H and O–H groups in total. The third-order valence-corrected chi connectivity index (χ3v) is 2.86. The number of unbranched alkanes of at least 4 members (excludes halogenated alkanes) is 1. The van der Waals surface area contributed by atoms with Crippen LogP contribution in [0.4, 0.5) is 20.2 Å². The van der Waals surface area contributed by atoms with Gasteiger partial charge in [0.25, 0.3) is 0 Å². The Labute approximate surface area is 125 Å². The van der Waals surface area contributed by atoms with Gasteiger partial charge in [0.2, 0.25) is 5.75 Å². The summed E-state index contributed by atoms with van der Waals surface area (Å²) in [5, 5.41) is 22.5. The zero-order valence-electron chi connectivity index (χ0n) is 11.8. The average molecular weight is 318 g/mol. The molecule has 1 atom stereocenters. The standard InChI is InChI=1S/C13H16F2N2O5/c1-2-3-4-9(12(18)19)16-8-5-6-10(17(20)21)11(7-8)22-13(14)15/h5-7,9,13,16H,2-4H2,1H3,(H,18,19)/t9-/m0/s1. The zero-order valence-corrected chi connectivity index (χ0v) is 11.8. The number of halogens is 2. The van der Waals surface area contributed by atoms with E-state index in [2.05, 4.69) is 10.1 Å². The highest BCUT2D eigenvalue weighted by Gasteiger charge is 2.21. The summed E-state index contributed by atoms with van der Waals surface area (Å²) in [5.41, 5.74) is -0.462. The number of nitro groups is 1. The predicted octanol–water partition coefficient (Wildman–Crippen LogP) is 3.25. The van der Waals surface area contributed by atoms with E-state index in [1.165, 1.54) is 6.07 Å². The largest absolute Gasteiger partial charge is 0.480 e. The van der Waals surface area contributed by atoms with E-state index in [1.54, 1.807) is 0 Å². The molecule has 0 fully saturated rings. The van der Waals surface area contributed by atoms with Crippen molar-refractivity contribution in [2.75, 3.05) is 5.32 Å².